The Morgan fingerprint density at radius 1 is 1.15 bits per heavy atom. The van der Waals surface area contributed by atoms with E-state index in [-0.39, 0.29) is 24.1 Å². The number of nitrogens with zero attached hydrogens (tertiary/aromatic N) is 1. The normalized spacial score (nSPS) is 16.5. The van der Waals surface area contributed by atoms with Crippen LogP contribution in [-0.4, -0.2) is 31.3 Å². The Balaban J connectivity index is 1.68. The molecule has 1 aliphatic heterocycles. The van der Waals surface area contributed by atoms with Crippen LogP contribution < -0.4 is 15.5 Å². The van der Waals surface area contributed by atoms with E-state index in [4.69, 9.17) is 11.6 Å². The first-order valence-electron chi connectivity index (χ1n) is 8.17. The predicted molar refractivity (Wildman–Crippen MR) is 100 cm³/mol. The number of carbonyl (C=O) groups excluding carboxylic acids is 3. The Labute approximate surface area is 156 Å². The third-order valence-corrected chi connectivity index (χ3v) is 4.51. The van der Waals surface area contributed by atoms with Crippen molar-refractivity contribution in [3.8, 4) is 0 Å². The van der Waals surface area contributed by atoms with Crippen LogP contribution >= 0.6 is 11.6 Å². The molecule has 1 aliphatic rings. The van der Waals surface area contributed by atoms with E-state index in [0.717, 1.165) is 5.69 Å². The molecule has 0 aromatic heterocycles. The van der Waals surface area contributed by atoms with Gasteiger partial charge < -0.3 is 15.5 Å². The van der Waals surface area contributed by atoms with Gasteiger partial charge >= 0.3 is 0 Å². The lowest BCUT2D eigenvalue weighted by atomic mass is 10.1. The molecule has 3 amide bonds. The van der Waals surface area contributed by atoms with E-state index >= 15 is 0 Å². The molecular weight excluding hydrogens is 354 g/mol. The van der Waals surface area contributed by atoms with Gasteiger partial charge in [0.15, 0.2) is 0 Å². The first kappa shape index (κ1) is 17.9. The summed E-state index contributed by atoms with van der Waals surface area (Å²) in [5.74, 6) is -1.04. The van der Waals surface area contributed by atoms with E-state index in [0.29, 0.717) is 22.8 Å². The molecule has 7 heteroatoms. The molecule has 0 saturated carbocycles. The summed E-state index contributed by atoms with van der Waals surface area (Å²) >= 11 is 5.87. The molecule has 134 valence electrons. The maximum atomic E-state index is 12.5. The second kappa shape index (κ2) is 7.58. The molecule has 1 saturated heterocycles. The van der Waals surface area contributed by atoms with E-state index in [1.54, 1.807) is 60.5 Å². The monoisotopic (exact) mass is 371 g/mol. The largest absolute Gasteiger partial charge is 0.355 e. The smallest absolute Gasteiger partial charge is 0.251 e. The molecular formula is C19H18ClN3O3. The summed E-state index contributed by atoms with van der Waals surface area (Å²) in [6.45, 7) is 0.307. The van der Waals surface area contributed by atoms with Gasteiger partial charge in [-0.15, -0.1) is 0 Å². The molecule has 2 aromatic rings. The highest BCUT2D eigenvalue weighted by molar-refractivity contribution is 6.30. The van der Waals surface area contributed by atoms with Crippen molar-refractivity contribution in [1.29, 1.82) is 0 Å². The highest BCUT2D eigenvalue weighted by Gasteiger charge is 2.35. The third kappa shape index (κ3) is 3.86. The molecule has 0 bridgehead atoms. The van der Waals surface area contributed by atoms with Crippen molar-refractivity contribution in [2.45, 2.75) is 6.42 Å². The summed E-state index contributed by atoms with van der Waals surface area (Å²) in [5.41, 5.74) is 1.69. The van der Waals surface area contributed by atoms with Crippen LogP contribution in [0.15, 0.2) is 48.5 Å². The van der Waals surface area contributed by atoms with Gasteiger partial charge in [-0.3, -0.25) is 14.4 Å². The average molecular weight is 372 g/mol. The zero-order valence-corrected chi connectivity index (χ0v) is 14.9. The van der Waals surface area contributed by atoms with E-state index in [9.17, 15) is 14.4 Å². The summed E-state index contributed by atoms with van der Waals surface area (Å²) in [6.07, 6.45) is 0.142. The third-order valence-electron chi connectivity index (χ3n) is 4.25. The van der Waals surface area contributed by atoms with Crippen molar-refractivity contribution < 1.29 is 14.4 Å². The van der Waals surface area contributed by atoms with Gasteiger partial charge in [-0.2, -0.15) is 0 Å². The number of hydrogen-bond acceptors (Lipinski definition) is 3. The van der Waals surface area contributed by atoms with Gasteiger partial charge in [-0.05, 0) is 42.5 Å². The van der Waals surface area contributed by atoms with Gasteiger partial charge in [-0.1, -0.05) is 17.7 Å². The SMILES string of the molecule is CNC(=O)c1cccc(NC(=O)C2CC(=O)N(c3ccc(Cl)cc3)C2)c1. The zero-order valence-electron chi connectivity index (χ0n) is 14.2. The highest BCUT2D eigenvalue weighted by Crippen LogP contribution is 2.27. The second-order valence-corrected chi connectivity index (χ2v) is 6.47. The molecule has 6 nitrogen and oxygen atoms in total. The number of amides is 3. The van der Waals surface area contributed by atoms with Crippen LogP contribution in [0.4, 0.5) is 11.4 Å². The van der Waals surface area contributed by atoms with Crippen LogP contribution in [0, 0.1) is 5.92 Å². The van der Waals surface area contributed by atoms with Crippen molar-refractivity contribution in [2.24, 2.45) is 5.92 Å². The van der Waals surface area contributed by atoms with Crippen LogP contribution in [-0.2, 0) is 9.59 Å². The number of carbonyl (C=O) groups is 3. The number of benzene rings is 2. The number of nitrogens with one attached hydrogen (secondary N) is 2. The first-order valence-corrected chi connectivity index (χ1v) is 8.54. The van der Waals surface area contributed by atoms with E-state index in [1.807, 2.05) is 0 Å². The minimum absolute atomic E-state index is 0.105. The molecule has 2 N–H and O–H groups in total. The van der Waals surface area contributed by atoms with Gasteiger partial charge in [0, 0.05) is 42.0 Å². The molecule has 0 aliphatic carbocycles. The predicted octanol–water partition coefficient (Wildman–Crippen LogP) is 2.69. The number of halogens is 1. The quantitative estimate of drug-likeness (QED) is 0.867. The maximum Gasteiger partial charge on any atom is 0.251 e. The number of anilines is 2. The molecule has 2 aromatic carbocycles. The van der Waals surface area contributed by atoms with E-state index in [1.165, 1.54) is 0 Å². The van der Waals surface area contributed by atoms with Crippen molar-refractivity contribution in [2.75, 3.05) is 23.8 Å². The minimum Gasteiger partial charge on any atom is -0.355 e. The van der Waals surface area contributed by atoms with Crippen LogP contribution in [0.25, 0.3) is 0 Å². The van der Waals surface area contributed by atoms with E-state index < -0.39 is 5.92 Å². The molecule has 1 unspecified atom stereocenters. The van der Waals surface area contributed by atoms with Crippen molar-refractivity contribution >= 4 is 40.7 Å². The van der Waals surface area contributed by atoms with Gasteiger partial charge in [-0.25, -0.2) is 0 Å². The zero-order chi connectivity index (χ0) is 18.7. The topological polar surface area (TPSA) is 78.5 Å². The Hall–Kier alpha value is -2.86. The second-order valence-electron chi connectivity index (χ2n) is 6.03. The van der Waals surface area contributed by atoms with Gasteiger partial charge in [0.2, 0.25) is 11.8 Å². The van der Waals surface area contributed by atoms with Crippen LogP contribution in [0.5, 0.6) is 0 Å². The number of rotatable bonds is 4. The molecule has 0 spiro atoms. The molecule has 1 heterocycles. The molecule has 1 atom stereocenters. The standard InChI is InChI=1S/C19H18ClN3O3/c1-21-18(25)12-3-2-4-15(9-12)22-19(26)13-10-17(24)23(11-13)16-7-5-14(20)6-8-16/h2-9,13H,10-11H2,1H3,(H,21,25)(H,22,26). The molecule has 26 heavy (non-hydrogen) atoms. The van der Waals surface area contributed by atoms with Crippen LogP contribution in [0.1, 0.15) is 16.8 Å². The minimum atomic E-state index is -0.457. The molecule has 0 radical (unpaired) electrons. The van der Waals surface area contributed by atoms with Gasteiger partial charge in [0.05, 0.1) is 5.92 Å². The molecule has 1 fully saturated rings. The Kier molecular flexibility index (Phi) is 5.23. The molecule has 3 rings (SSSR count). The van der Waals surface area contributed by atoms with Gasteiger partial charge in [0.25, 0.3) is 5.91 Å². The summed E-state index contributed by atoms with van der Waals surface area (Å²) in [5, 5.41) is 5.91. The summed E-state index contributed by atoms with van der Waals surface area (Å²) in [4.78, 5) is 38.1. The lowest BCUT2D eigenvalue weighted by Crippen LogP contribution is -2.28. The average Bonchev–Trinajstić information content (AvgIpc) is 3.04. The summed E-state index contributed by atoms with van der Waals surface area (Å²) in [7, 11) is 1.54. The number of hydrogen-bond donors (Lipinski definition) is 2. The van der Waals surface area contributed by atoms with Crippen molar-refractivity contribution in [1.82, 2.24) is 5.32 Å². The fraction of sp³-hybridized carbons (Fsp3) is 0.211. The Morgan fingerprint density at radius 2 is 1.88 bits per heavy atom. The van der Waals surface area contributed by atoms with E-state index in [2.05, 4.69) is 10.6 Å². The first-order chi connectivity index (χ1) is 12.5. The fourth-order valence-electron chi connectivity index (χ4n) is 2.88. The van der Waals surface area contributed by atoms with Gasteiger partial charge in [0.1, 0.15) is 0 Å². The van der Waals surface area contributed by atoms with Crippen molar-refractivity contribution in [3.63, 3.8) is 0 Å². The lowest BCUT2D eigenvalue weighted by molar-refractivity contribution is -0.122. The summed E-state index contributed by atoms with van der Waals surface area (Å²) in [6, 6.07) is 13.6. The highest BCUT2D eigenvalue weighted by atomic mass is 35.5. The van der Waals surface area contributed by atoms with Crippen LogP contribution in [0.3, 0.4) is 0 Å². The maximum absolute atomic E-state index is 12.5. The Bertz CT molecular complexity index is 851. The van der Waals surface area contributed by atoms with Crippen LogP contribution in [0.2, 0.25) is 5.02 Å². The Morgan fingerprint density at radius 3 is 2.58 bits per heavy atom. The fourth-order valence-corrected chi connectivity index (χ4v) is 3.01. The van der Waals surface area contributed by atoms with Crippen molar-refractivity contribution in [3.05, 3.63) is 59.1 Å². The summed E-state index contributed by atoms with van der Waals surface area (Å²) < 4.78 is 0. The lowest BCUT2D eigenvalue weighted by Gasteiger charge is -2.17.